The van der Waals surface area contributed by atoms with Gasteiger partial charge in [-0.1, -0.05) is 53.7 Å². The van der Waals surface area contributed by atoms with Crippen LogP contribution in [0.15, 0.2) is 12.2 Å². The summed E-state index contributed by atoms with van der Waals surface area (Å²) in [6, 6.07) is -0.173. The van der Waals surface area contributed by atoms with Gasteiger partial charge in [-0.3, -0.25) is 9.59 Å². The summed E-state index contributed by atoms with van der Waals surface area (Å²) in [7, 11) is 7.10. The average Bonchev–Trinajstić information content (AvgIpc) is 3.19. The number of methoxy groups -OCH3 is 2. The third-order valence-corrected chi connectivity index (χ3v) is 13.8. The second-order valence-corrected chi connectivity index (χ2v) is 18.8. The van der Waals surface area contributed by atoms with Gasteiger partial charge in [0.15, 0.2) is 12.4 Å². The smallest absolute Gasteiger partial charge is 0.311 e. The van der Waals surface area contributed by atoms with Gasteiger partial charge in [-0.25, -0.2) is 0 Å². The van der Waals surface area contributed by atoms with Crippen molar-refractivity contribution in [2.45, 2.75) is 193 Å². The topological polar surface area (TPSA) is 166 Å². The van der Waals surface area contributed by atoms with E-state index in [-0.39, 0.29) is 42.2 Å². The summed E-state index contributed by atoms with van der Waals surface area (Å²) < 4.78 is 41.5. The molecule has 3 aliphatic heterocycles. The van der Waals surface area contributed by atoms with Gasteiger partial charge < -0.3 is 58.3 Å². The minimum atomic E-state index is -1.27. The fourth-order valence-electron chi connectivity index (χ4n) is 9.32. The minimum Gasteiger partial charge on any atom is -0.459 e. The SMILES string of the molecule is C=C1C(C)C[C@](C)(O)[C@@H](CC)OC(=O)C(C)C(O)[C@H](C)[C@@H](OC2OC(C)CC(N(C)C)[C@H]2O)[C@](C)(OC)C[C@H]1C.CCN(CC)CCC(=O)O[C@H]1C(C)OCC[C@@]1(C)OC. The van der Waals surface area contributed by atoms with Crippen LogP contribution in [-0.4, -0.2) is 163 Å². The zero-order valence-electron chi connectivity index (χ0n) is 40.2. The van der Waals surface area contributed by atoms with Crippen molar-refractivity contribution in [1.82, 2.24) is 9.80 Å². The lowest BCUT2D eigenvalue weighted by molar-refractivity contribution is -0.301. The number of hydrogen-bond acceptors (Lipinski definition) is 14. The first-order valence-electron chi connectivity index (χ1n) is 22.4. The number of nitrogens with zero attached hydrogens (tertiary/aromatic N) is 2. The number of aliphatic hydroxyl groups excluding tert-OH is 2. The second kappa shape index (κ2) is 23.8. The fourth-order valence-corrected chi connectivity index (χ4v) is 9.32. The molecule has 3 saturated heterocycles. The Kier molecular flexibility index (Phi) is 21.6. The van der Waals surface area contributed by atoms with E-state index in [4.69, 9.17) is 33.2 Å². The highest BCUT2D eigenvalue weighted by molar-refractivity contribution is 5.73. The van der Waals surface area contributed by atoms with Crippen LogP contribution in [0.3, 0.4) is 0 Å². The highest BCUT2D eigenvalue weighted by atomic mass is 16.7. The van der Waals surface area contributed by atoms with Gasteiger partial charge >= 0.3 is 11.9 Å². The summed E-state index contributed by atoms with van der Waals surface area (Å²) in [5.41, 5.74) is -1.72. The van der Waals surface area contributed by atoms with E-state index in [1.807, 2.05) is 67.5 Å². The van der Waals surface area contributed by atoms with Crippen LogP contribution in [0.1, 0.15) is 122 Å². The first kappa shape index (κ1) is 54.4. The van der Waals surface area contributed by atoms with Gasteiger partial charge in [0.2, 0.25) is 0 Å². The van der Waals surface area contributed by atoms with E-state index in [0.29, 0.717) is 38.7 Å². The third kappa shape index (κ3) is 14.1. The van der Waals surface area contributed by atoms with Crippen LogP contribution in [0.4, 0.5) is 0 Å². The van der Waals surface area contributed by atoms with Crippen LogP contribution >= 0.6 is 0 Å². The van der Waals surface area contributed by atoms with Crippen molar-refractivity contribution in [2.24, 2.45) is 23.7 Å². The molecule has 3 aliphatic rings. The van der Waals surface area contributed by atoms with E-state index < -0.39 is 65.3 Å². The van der Waals surface area contributed by atoms with Gasteiger partial charge in [0.25, 0.3) is 0 Å². The van der Waals surface area contributed by atoms with Gasteiger partial charge in [-0.2, -0.15) is 0 Å². The van der Waals surface area contributed by atoms with Crippen LogP contribution in [0.2, 0.25) is 0 Å². The molecule has 0 aromatic heterocycles. The molecule has 0 aliphatic carbocycles. The zero-order chi connectivity index (χ0) is 45.9. The van der Waals surface area contributed by atoms with Crippen LogP contribution in [0.25, 0.3) is 0 Å². The molecule has 0 spiro atoms. The molecule has 14 heteroatoms. The lowest BCUT2D eigenvalue weighted by atomic mass is 9.73. The van der Waals surface area contributed by atoms with Crippen LogP contribution < -0.4 is 0 Å². The maximum absolute atomic E-state index is 13.3. The van der Waals surface area contributed by atoms with Gasteiger partial charge in [0, 0.05) is 45.8 Å². The molecule has 60 heavy (non-hydrogen) atoms. The van der Waals surface area contributed by atoms with Crippen molar-refractivity contribution >= 4 is 11.9 Å². The number of rotatable bonds is 12. The van der Waals surface area contributed by atoms with E-state index in [9.17, 15) is 24.9 Å². The Morgan fingerprint density at radius 2 is 1.48 bits per heavy atom. The maximum Gasteiger partial charge on any atom is 0.311 e. The van der Waals surface area contributed by atoms with E-state index in [1.165, 1.54) is 0 Å². The van der Waals surface area contributed by atoms with Crippen LogP contribution in [-0.2, 0) is 42.7 Å². The lowest BCUT2D eigenvalue weighted by Gasteiger charge is -2.48. The van der Waals surface area contributed by atoms with E-state index >= 15 is 0 Å². The van der Waals surface area contributed by atoms with Crippen molar-refractivity contribution in [2.75, 3.05) is 54.6 Å². The first-order chi connectivity index (χ1) is 27.9. The quantitative estimate of drug-likeness (QED) is 0.169. The average molecular weight is 859 g/mol. The molecule has 3 rings (SSSR count). The Bertz CT molecular complexity index is 1330. The van der Waals surface area contributed by atoms with Crippen LogP contribution in [0.5, 0.6) is 0 Å². The number of carbonyl (C=O) groups is 2. The summed E-state index contributed by atoms with van der Waals surface area (Å²) in [6.45, 7) is 30.7. The van der Waals surface area contributed by atoms with Crippen LogP contribution in [0, 0.1) is 23.7 Å². The molecular weight excluding hydrogens is 773 g/mol. The van der Waals surface area contributed by atoms with Gasteiger partial charge in [0.1, 0.15) is 17.8 Å². The molecule has 0 saturated carbocycles. The molecule has 3 heterocycles. The molecule has 0 amide bonds. The van der Waals surface area contributed by atoms with Gasteiger partial charge in [0.05, 0.1) is 48.0 Å². The standard InChI is InChI=1S/C31H57NO8.C15H29NO4/c1-13-24-30(8,36)15-17(2)20(5)18(3)16-31(9,37-12)27(21(6)25(33)22(7)28(35)39-24)40-29-26(34)23(32(10)11)14-19(4)38-29;1-6-16(7-2)10-8-13(17)20-14-12(3)19-11-9-15(14,4)18-5/h17-19,21-27,29,33-34,36H,5,13-16H2,1-4,6-12H3;12,14H,6-11H2,1-5H3/t17?,18-,19?,21+,22?,23?,24-,25?,26-,27-,29?,30+,31-;12?,14-,15+/m10/s1. The molecule has 3 N–H and O–H groups in total. The number of cyclic esters (lactones) is 1. The number of likely N-dealkylation sites (N-methyl/N-ethyl adjacent to an activating group) is 1. The summed E-state index contributed by atoms with van der Waals surface area (Å²) >= 11 is 0. The molecule has 16 atom stereocenters. The fraction of sp³-hybridized carbons (Fsp3) is 0.913. The number of esters is 2. The van der Waals surface area contributed by atoms with Crippen molar-refractivity contribution < 1.29 is 58.1 Å². The highest BCUT2D eigenvalue weighted by Crippen LogP contribution is 2.41. The molecule has 0 bridgehead atoms. The Morgan fingerprint density at radius 3 is 2.02 bits per heavy atom. The number of ether oxygens (including phenoxy) is 7. The van der Waals surface area contributed by atoms with Crippen molar-refractivity contribution in [3.05, 3.63) is 12.2 Å². The predicted octanol–water partition coefficient (Wildman–Crippen LogP) is 5.37. The Hall–Kier alpha value is -1.72. The molecule has 14 nitrogen and oxygen atoms in total. The number of hydrogen-bond donors (Lipinski definition) is 3. The van der Waals surface area contributed by atoms with E-state index in [2.05, 4.69) is 32.3 Å². The molecule has 7 unspecified atom stereocenters. The normalized spacial score (nSPS) is 41.2. The maximum atomic E-state index is 13.3. The van der Waals surface area contributed by atoms with Crippen molar-refractivity contribution in [3.8, 4) is 0 Å². The number of allylic oxidation sites excluding steroid dienone is 1. The van der Waals surface area contributed by atoms with Gasteiger partial charge in [-0.05, 0) is 106 Å². The molecule has 0 aromatic rings. The molecule has 0 radical (unpaired) electrons. The minimum absolute atomic E-state index is 0.0279. The predicted molar refractivity (Wildman–Crippen MR) is 232 cm³/mol. The molecular formula is C46H86N2O12. The monoisotopic (exact) mass is 859 g/mol. The van der Waals surface area contributed by atoms with E-state index in [0.717, 1.165) is 31.6 Å². The third-order valence-electron chi connectivity index (χ3n) is 13.8. The van der Waals surface area contributed by atoms with Gasteiger partial charge in [-0.15, -0.1) is 0 Å². The zero-order valence-corrected chi connectivity index (χ0v) is 40.2. The summed E-state index contributed by atoms with van der Waals surface area (Å²) in [5, 5.41) is 34.1. The van der Waals surface area contributed by atoms with Crippen molar-refractivity contribution in [3.63, 3.8) is 0 Å². The lowest BCUT2D eigenvalue weighted by Crippen LogP contribution is -2.59. The Labute approximate surface area is 362 Å². The molecule has 0 aromatic carbocycles. The summed E-state index contributed by atoms with van der Waals surface area (Å²) in [5.74, 6) is -2.36. The first-order valence-corrected chi connectivity index (χ1v) is 22.4. The molecule has 352 valence electrons. The second-order valence-electron chi connectivity index (χ2n) is 18.8. The summed E-state index contributed by atoms with van der Waals surface area (Å²) in [4.78, 5) is 29.5. The Morgan fingerprint density at radius 1 is 0.900 bits per heavy atom. The van der Waals surface area contributed by atoms with E-state index in [1.54, 1.807) is 28.1 Å². The highest BCUT2D eigenvalue weighted by Gasteiger charge is 2.50. The molecule has 3 fully saturated rings. The number of aliphatic hydroxyl groups is 3. The van der Waals surface area contributed by atoms with Crippen molar-refractivity contribution in [1.29, 1.82) is 0 Å². The largest absolute Gasteiger partial charge is 0.459 e. The Balaban J connectivity index is 0.000000518. The summed E-state index contributed by atoms with van der Waals surface area (Å²) in [6.07, 6.45) is -2.05. The number of carbonyl (C=O) groups excluding carboxylic acids is 2.